The van der Waals surface area contributed by atoms with Crippen LogP contribution in [0.4, 0.5) is 0 Å². The van der Waals surface area contributed by atoms with Gasteiger partial charge in [0.05, 0.1) is 43.6 Å². The summed E-state index contributed by atoms with van der Waals surface area (Å²) in [6.45, 7) is 0.812. The SMILES string of the molecule is O=C(O)c1cc([C@]2(O)O[C@H](COCc3ccccc3)[C@@H](OCc3ccccc3)[C@H](OCc3ccccc3)[C@H]2OCc2ccccc2)ccc1Cl. The number of carboxylic acids is 1. The highest BCUT2D eigenvalue weighted by atomic mass is 35.5. The Kier molecular flexibility index (Phi) is 12.1. The van der Waals surface area contributed by atoms with Crippen LogP contribution in [0.15, 0.2) is 140 Å². The van der Waals surface area contributed by atoms with E-state index in [-0.39, 0.29) is 49.2 Å². The molecule has 1 saturated heterocycles. The van der Waals surface area contributed by atoms with Crippen LogP contribution >= 0.6 is 11.6 Å². The Labute approximate surface area is 296 Å². The van der Waals surface area contributed by atoms with E-state index < -0.39 is 36.2 Å². The van der Waals surface area contributed by atoms with E-state index in [2.05, 4.69) is 0 Å². The van der Waals surface area contributed by atoms with Crippen LogP contribution in [-0.4, -0.2) is 47.2 Å². The number of halogens is 1. The third-order valence-electron chi connectivity index (χ3n) is 8.55. The minimum Gasteiger partial charge on any atom is -0.478 e. The molecular weight excluding hydrogens is 656 g/mol. The Morgan fingerprint density at radius 2 is 1.10 bits per heavy atom. The number of aromatic carboxylic acids is 1. The van der Waals surface area contributed by atoms with Crippen molar-refractivity contribution in [2.75, 3.05) is 6.61 Å². The van der Waals surface area contributed by atoms with Gasteiger partial charge in [-0.3, -0.25) is 0 Å². The standard InChI is InChI=1S/C41H39ClO8/c42-35-22-21-33(23-34(35)40(43)44)41(45)39(49-27-32-19-11-4-12-20-32)38(48-26-31-17-9-3-10-18-31)37(47-25-30-15-7-2-8-16-30)36(50-41)28-46-24-29-13-5-1-6-14-29/h1-23,36-39,45H,24-28H2,(H,43,44)/t36-,37-,38+,39-,41+/m1/s1. The lowest BCUT2D eigenvalue weighted by atomic mass is 9.86. The van der Waals surface area contributed by atoms with Crippen molar-refractivity contribution >= 4 is 17.6 Å². The zero-order chi connectivity index (χ0) is 34.8. The number of carbonyl (C=O) groups is 1. The zero-order valence-corrected chi connectivity index (χ0v) is 28.1. The average Bonchev–Trinajstić information content (AvgIpc) is 3.15. The molecule has 1 aliphatic heterocycles. The van der Waals surface area contributed by atoms with E-state index in [0.29, 0.717) is 0 Å². The van der Waals surface area contributed by atoms with Gasteiger partial charge in [-0.1, -0.05) is 139 Å². The van der Waals surface area contributed by atoms with Crippen LogP contribution in [0.5, 0.6) is 0 Å². The molecule has 258 valence electrons. The molecule has 5 atom stereocenters. The molecule has 0 aliphatic carbocycles. The van der Waals surface area contributed by atoms with Crippen LogP contribution in [0.3, 0.4) is 0 Å². The zero-order valence-electron chi connectivity index (χ0n) is 27.3. The van der Waals surface area contributed by atoms with Gasteiger partial charge in [-0.25, -0.2) is 4.79 Å². The number of aliphatic hydroxyl groups is 1. The molecule has 1 fully saturated rings. The quantitative estimate of drug-likeness (QED) is 0.116. The maximum atomic E-state index is 12.8. The molecule has 0 saturated carbocycles. The van der Waals surface area contributed by atoms with Gasteiger partial charge in [-0.05, 0) is 34.4 Å². The fourth-order valence-corrected chi connectivity index (χ4v) is 6.20. The van der Waals surface area contributed by atoms with Crippen molar-refractivity contribution in [2.24, 2.45) is 0 Å². The van der Waals surface area contributed by atoms with Gasteiger partial charge in [0.25, 0.3) is 0 Å². The molecule has 0 aromatic heterocycles. The molecule has 0 bridgehead atoms. The largest absolute Gasteiger partial charge is 0.478 e. The molecule has 5 aromatic carbocycles. The predicted octanol–water partition coefficient (Wildman–Crippen LogP) is 7.56. The van der Waals surface area contributed by atoms with E-state index in [0.717, 1.165) is 22.3 Å². The number of ether oxygens (including phenoxy) is 5. The summed E-state index contributed by atoms with van der Waals surface area (Å²) in [7, 11) is 0. The highest BCUT2D eigenvalue weighted by Gasteiger charge is 2.57. The molecule has 0 amide bonds. The summed E-state index contributed by atoms with van der Waals surface area (Å²) in [4.78, 5) is 12.2. The Balaban J connectivity index is 1.41. The highest BCUT2D eigenvalue weighted by molar-refractivity contribution is 6.33. The number of hydrogen-bond acceptors (Lipinski definition) is 7. The Morgan fingerprint density at radius 3 is 1.60 bits per heavy atom. The summed E-state index contributed by atoms with van der Waals surface area (Å²) in [5.41, 5.74) is 3.61. The van der Waals surface area contributed by atoms with Gasteiger partial charge in [0.15, 0.2) is 0 Å². The normalized spacial score (nSPS) is 21.9. The number of hydrogen-bond donors (Lipinski definition) is 2. The van der Waals surface area contributed by atoms with Gasteiger partial charge in [0.2, 0.25) is 5.79 Å². The second kappa shape index (κ2) is 17.0. The number of rotatable bonds is 15. The minimum absolute atomic E-state index is 0.0195. The van der Waals surface area contributed by atoms with Crippen LogP contribution in [-0.2, 0) is 55.9 Å². The molecule has 2 N–H and O–H groups in total. The fourth-order valence-electron chi connectivity index (χ4n) is 6.00. The van der Waals surface area contributed by atoms with E-state index in [1.807, 2.05) is 121 Å². The first-order valence-corrected chi connectivity index (χ1v) is 16.8. The van der Waals surface area contributed by atoms with Gasteiger partial charge >= 0.3 is 5.97 Å². The monoisotopic (exact) mass is 694 g/mol. The highest BCUT2D eigenvalue weighted by Crippen LogP contribution is 2.42. The summed E-state index contributed by atoms with van der Waals surface area (Å²) in [6.07, 6.45) is -3.79. The van der Waals surface area contributed by atoms with E-state index in [1.54, 1.807) is 0 Å². The molecule has 9 heteroatoms. The van der Waals surface area contributed by atoms with Crippen molar-refractivity contribution in [3.05, 3.63) is 178 Å². The van der Waals surface area contributed by atoms with Crippen molar-refractivity contribution in [3.63, 3.8) is 0 Å². The number of benzene rings is 5. The lowest BCUT2D eigenvalue weighted by molar-refractivity contribution is -0.378. The van der Waals surface area contributed by atoms with Crippen LogP contribution in [0.2, 0.25) is 5.02 Å². The van der Waals surface area contributed by atoms with Crippen molar-refractivity contribution in [1.82, 2.24) is 0 Å². The van der Waals surface area contributed by atoms with Crippen LogP contribution < -0.4 is 0 Å². The second-order valence-electron chi connectivity index (χ2n) is 12.1. The average molecular weight is 695 g/mol. The topological polar surface area (TPSA) is 104 Å². The molecule has 1 aliphatic rings. The minimum atomic E-state index is -2.21. The smallest absolute Gasteiger partial charge is 0.337 e. The number of carboxylic acid groups (broad SMARTS) is 1. The van der Waals surface area contributed by atoms with Crippen molar-refractivity contribution in [1.29, 1.82) is 0 Å². The Morgan fingerprint density at radius 1 is 0.640 bits per heavy atom. The molecule has 0 radical (unpaired) electrons. The van der Waals surface area contributed by atoms with Gasteiger partial charge in [0, 0.05) is 5.56 Å². The summed E-state index contributed by atoms with van der Waals surface area (Å²) in [5, 5.41) is 22.7. The summed E-state index contributed by atoms with van der Waals surface area (Å²) < 4.78 is 32.7. The van der Waals surface area contributed by atoms with Crippen LogP contribution in [0, 0.1) is 0 Å². The summed E-state index contributed by atoms with van der Waals surface area (Å²) in [5.74, 6) is -3.46. The molecule has 5 aromatic rings. The Bertz CT molecular complexity index is 1790. The maximum Gasteiger partial charge on any atom is 0.337 e. The van der Waals surface area contributed by atoms with Gasteiger partial charge in [-0.15, -0.1) is 0 Å². The van der Waals surface area contributed by atoms with Crippen LogP contribution in [0.25, 0.3) is 0 Å². The molecule has 50 heavy (non-hydrogen) atoms. The third kappa shape index (κ3) is 8.85. The van der Waals surface area contributed by atoms with E-state index in [1.165, 1.54) is 18.2 Å². The molecule has 8 nitrogen and oxygen atoms in total. The van der Waals surface area contributed by atoms with E-state index >= 15 is 0 Å². The molecule has 6 rings (SSSR count). The van der Waals surface area contributed by atoms with Gasteiger partial charge in [0.1, 0.15) is 24.4 Å². The molecule has 1 heterocycles. The van der Waals surface area contributed by atoms with E-state index in [4.69, 9.17) is 35.3 Å². The van der Waals surface area contributed by atoms with Crippen molar-refractivity contribution < 1.29 is 38.7 Å². The first kappa shape index (κ1) is 35.4. The first-order valence-electron chi connectivity index (χ1n) is 16.4. The first-order chi connectivity index (χ1) is 24.4. The maximum absolute atomic E-state index is 12.8. The third-order valence-corrected chi connectivity index (χ3v) is 8.88. The molecule has 0 spiro atoms. The summed E-state index contributed by atoms with van der Waals surface area (Å²) >= 11 is 6.28. The van der Waals surface area contributed by atoms with E-state index in [9.17, 15) is 15.0 Å². The fraction of sp³-hybridized carbons (Fsp3) is 0.244. The molecular formula is C41H39ClO8. The van der Waals surface area contributed by atoms with Gasteiger partial charge < -0.3 is 33.9 Å². The van der Waals surface area contributed by atoms with Crippen molar-refractivity contribution in [2.45, 2.75) is 56.6 Å². The lowest BCUT2D eigenvalue weighted by Crippen LogP contribution is -2.65. The second-order valence-corrected chi connectivity index (χ2v) is 12.5. The Hall–Kier alpha value is -4.38. The molecule has 0 unspecified atom stereocenters. The predicted molar refractivity (Wildman–Crippen MR) is 188 cm³/mol. The van der Waals surface area contributed by atoms with Crippen molar-refractivity contribution in [3.8, 4) is 0 Å². The summed E-state index contributed by atoms with van der Waals surface area (Å²) in [6, 6.07) is 42.9. The van der Waals surface area contributed by atoms with Crippen LogP contribution in [0.1, 0.15) is 38.2 Å². The lowest BCUT2D eigenvalue weighted by Gasteiger charge is -2.50. The van der Waals surface area contributed by atoms with Gasteiger partial charge in [-0.2, -0.15) is 0 Å².